The van der Waals surface area contributed by atoms with Gasteiger partial charge in [-0.2, -0.15) is 0 Å². The highest BCUT2D eigenvalue weighted by molar-refractivity contribution is 5.97. The Hall–Kier alpha value is -3.13. The van der Waals surface area contributed by atoms with E-state index in [-0.39, 0.29) is 38.8 Å². The summed E-state index contributed by atoms with van der Waals surface area (Å²) < 4.78 is 0. The summed E-state index contributed by atoms with van der Waals surface area (Å²) in [6.45, 7) is 7.73. The number of Topliss-reactive ketones (excluding diaryl/α,β-unsaturated/α-hetero) is 1. The van der Waals surface area contributed by atoms with Crippen molar-refractivity contribution in [2.24, 2.45) is 5.92 Å². The Kier molecular flexibility index (Phi) is 11.9. The highest BCUT2D eigenvalue weighted by Crippen LogP contribution is 2.29. The van der Waals surface area contributed by atoms with Crippen molar-refractivity contribution < 1.29 is 17.2 Å². The summed E-state index contributed by atoms with van der Waals surface area (Å²) >= 11 is 0. The first-order valence-corrected chi connectivity index (χ1v) is 14.2. The zero-order valence-electron chi connectivity index (χ0n) is 23.1. The lowest BCUT2D eigenvalue weighted by Gasteiger charge is -2.33. The van der Waals surface area contributed by atoms with Gasteiger partial charge in [0.25, 0.3) is 5.91 Å². The van der Waals surface area contributed by atoms with E-state index in [1.54, 1.807) is 19.2 Å². The number of carbonyl (C=O) groups is 3. The summed E-state index contributed by atoms with van der Waals surface area (Å²) in [6.07, 6.45) is 10.5. The van der Waals surface area contributed by atoms with E-state index >= 15 is 0 Å². The molecule has 2 fully saturated rings. The Morgan fingerprint density at radius 3 is 2.58 bits per heavy atom. The van der Waals surface area contributed by atoms with Gasteiger partial charge in [0.2, 0.25) is 5.91 Å². The Morgan fingerprint density at radius 2 is 1.87 bits per heavy atom. The molecule has 8 heteroatoms. The van der Waals surface area contributed by atoms with Crippen LogP contribution >= 0.6 is 0 Å². The number of likely N-dealkylation sites (tertiary alicyclic amines) is 1. The largest absolute Gasteiger partial charge is 0.342 e. The summed E-state index contributed by atoms with van der Waals surface area (Å²) in [5.41, 5.74) is 2.48. The van der Waals surface area contributed by atoms with Crippen LogP contribution in [-0.4, -0.2) is 58.1 Å². The van der Waals surface area contributed by atoms with Crippen molar-refractivity contribution in [3.05, 3.63) is 59.7 Å². The second-order valence-corrected chi connectivity index (χ2v) is 10.1. The average Bonchev–Trinajstić information content (AvgIpc) is 2.97. The Labute approximate surface area is 230 Å². The molecular weight excluding hydrogens is 478 g/mol. The number of piperidine rings is 1. The van der Waals surface area contributed by atoms with Gasteiger partial charge in [-0.1, -0.05) is 45.2 Å². The molecule has 0 bridgehead atoms. The lowest BCUT2D eigenvalue weighted by molar-refractivity contribution is -0.131. The maximum absolute atomic E-state index is 13.1. The van der Waals surface area contributed by atoms with Gasteiger partial charge in [-0.15, -0.1) is 0 Å². The molecule has 1 saturated heterocycles. The molecule has 2 amide bonds. The third-order valence-corrected chi connectivity index (χ3v) is 7.47. The molecule has 1 saturated carbocycles. The van der Waals surface area contributed by atoms with Gasteiger partial charge in [-0.05, 0) is 62.3 Å². The molecule has 1 aliphatic carbocycles. The van der Waals surface area contributed by atoms with Crippen LogP contribution in [0.1, 0.15) is 96.1 Å². The van der Waals surface area contributed by atoms with Crippen molar-refractivity contribution in [3.8, 4) is 0 Å². The fourth-order valence-electron chi connectivity index (χ4n) is 5.49. The van der Waals surface area contributed by atoms with Crippen LogP contribution in [0, 0.1) is 5.92 Å². The summed E-state index contributed by atoms with van der Waals surface area (Å²) in [5.74, 6) is 0.310. The van der Waals surface area contributed by atoms with Crippen LogP contribution in [0.3, 0.4) is 0 Å². The summed E-state index contributed by atoms with van der Waals surface area (Å²) in [4.78, 5) is 48.2. The van der Waals surface area contributed by atoms with Crippen molar-refractivity contribution in [1.82, 2.24) is 25.5 Å². The summed E-state index contributed by atoms with van der Waals surface area (Å²) in [6, 6.07) is 9.08. The van der Waals surface area contributed by atoms with E-state index in [1.165, 1.54) is 12.7 Å². The molecular formula is C30H47N5O3. The number of benzene rings is 1. The van der Waals surface area contributed by atoms with Gasteiger partial charge in [0, 0.05) is 40.2 Å². The molecule has 2 aromatic rings. The molecule has 1 aromatic carbocycles. The van der Waals surface area contributed by atoms with E-state index in [0.717, 1.165) is 56.3 Å². The molecule has 4 rings (SSSR count). The Morgan fingerprint density at radius 1 is 1.08 bits per heavy atom. The summed E-state index contributed by atoms with van der Waals surface area (Å²) in [5, 5.41) is 6.20. The first-order valence-electron chi connectivity index (χ1n) is 14.2. The van der Waals surface area contributed by atoms with Crippen LogP contribution < -0.4 is 10.6 Å². The van der Waals surface area contributed by atoms with Crippen LogP contribution in [0.2, 0.25) is 0 Å². The molecule has 1 aliphatic heterocycles. The minimum atomic E-state index is -0.418. The van der Waals surface area contributed by atoms with Crippen LogP contribution in [0.15, 0.2) is 42.9 Å². The first-order chi connectivity index (χ1) is 18.5. The average molecular weight is 526 g/mol. The number of nitrogens with zero attached hydrogens (tertiary/aromatic N) is 3. The molecule has 0 radical (unpaired) electrons. The van der Waals surface area contributed by atoms with Gasteiger partial charge in [0.15, 0.2) is 5.78 Å². The van der Waals surface area contributed by atoms with Crippen molar-refractivity contribution in [1.29, 1.82) is 0 Å². The number of hydrogen-bond acceptors (Lipinski definition) is 6. The molecule has 8 nitrogen and oxygen atoms in total. The number of hydrogen-bond donors (Lipinski definition) is 2. The molecule has 0 spiro atoms. The van der Waals surface area contributed by atoms with Gasteiger partial charge in [-0.25, -0.2) is 9.97 Å². The predicted molar refractivity (Wildman–Crippen MR) is 153 cm³/mol. The maximum Gasteiger partial charge on any atom is 0.251 e. The molecule has 1 unspecified atom stereocenters. The number of amides is 2. The highest BCUT2D eigenvalue weighted by Gasteiger charge is 2.29. The standard InChI is InChI=1S/C28H37N5O3.C2H6.2H2/c1-20(34)27(21-7-3-2-4-8-21)32-28(36)23-10-5-9-22(15-23)24-11-6-14-33(18-24)26(35)17-30-16-25-12-13-29-19-31-25;1-2;;/h5,9-10,12-13,15,19,21,24,27,30H,2-4,6-8,11,14,16-18H2,1H3,(H,32,36);1-2H3;2*1H/t24?,27-;;;/m0.../s1. The van der Waals surface area contributed by atoms with E-state index in [4.69, 9.17) is 0 Å². The zero-order chi connectivity index (χ0) is 27.3. The third kappa shape index (κ3) is 8.45. The van der Waals surface area contributed by atoms with Crippen LogP contribution in [0.25, 0.3) is 0 Å². The number of rotatable bonds is 9. The van der Waals surface area contributed by atoms with E-state index in [9.17, 15) is 14.4 Å². The zero-order valence-corrected chi connectivity index (χ0v) is 23.1. The van der Waals surface area contributed by atoms with E-state index in [0.29, 0.717) is 18.7 Å². The normalized spacial score (nSPS) is 18.6. The van der Waals surface area contributed by atoms with E-state index < -0.39 is 6.04 Å². The Balaban J connectivity index is 0.00000196. The minimum absolute atomic E-state index is 0. The predicted octanol–water partition coefficient (Wildman–Crippen LogP) is 4.76. The van der Waals surface area contributed by atoms with Gasteiger partial charge in [-0.3, -0.25) is 14.4 Å². The minimum Gasteiger partial charge on any atom is -0.342 e. The van der Waals surface area contributed by atoms with E-state index in [2.05, 4.69) is 20.6 Å². The molecule has 38 heavy (non-hydrogen) atoms. The van der Waals surface area contributed by atoms with Crippen LogP contribution in [0.4, 0.5) is 0 Å². The fourth-order valence-corrected chi connectivity index (χ4v) is 5.49. The molecule has 2 aliphatic rings. The van der Waals surface area contributed by atoms with E-state index in [1.807, 2.05) is 43.0 Å². The van der Waals surface area contributed by atoms with Crippen LogP contribution in [0.5, 0.6) is 0 Å². The van der Waals surface area contributed by atoms with Crippen molar-refractivity contribution in [2.75, 3.05) is 19.6 Å². The highest BCUT2D eigenvalue weighted by atomic mass is 16.2. The lowest BCUT2D eigenvalue weighted by Crippen LogP contribution is -2.45. The lowest BCUT2D eigenvalue weighted by atomic mass is 9.82. The van der Waals surface area contributed by atoms with Gasteiger partial charge < -0.3 is 15.5 Å². The smallest absolute Gasteiger partial charge is 0.251 e. The number of nitrogens with one attached hydrogen (secondary N) is 2. The van der Waals surface area contributed by atoms with Crippen LogP contribution in [-0.2, 0) is 16.1 Å². The SMILES string of the molecule is CC.CC(=O)[C@H](NC(=O)c1cccc(C2CCCN(C(=O)CNCc3ccncn3)C2)c1)C1CCCCC1.[HH].[HH]. The third-order valence-electron chi connectivity index (χ3n) is 7.47. The molecule has 1 aromatic heterocycles. The van der Waals surface area contributed by atoms with Gasteiger partial charge in [0.05, 0.1) is 18.3 Å². The number of carbonyl (C=O) groups excluding carboxylic acids is 3. The fraction of sp³-hybridized carbons (Fsp3) is 0.567. The summed E-state index contributed by atoms with van der Waals surface area (Å²) in [7, 11) is 0. The monoisotopic (exact) mass is 525 g/mol. The molecule has 2 heterocycles. The topological polar surface area (TPSA) is 104 Å². The number of aromatic nitrogens is 2. The van der Waals surface area contributed by atoms with Crippen molar-refractivity contribution in [2.45, 2.75) is 84.2 Å². The van der Waals surface area contributed by atoms with Crippen molar-refractivity contribution >= 4 is 17.6 Å². The Bertz CT molecular complexity index is 1050. The molecule has 2 atom stereocenters. The second kappa shape index (κ2) is 15.3. The second-order valence-electron chi connectivity index (χ2n) is 10.1. The number of ketones is 1. The van der Waals surface area contributed by atoms with Gasteiger partial charge >= 0.3 is 0 Å². The van der Waals surface area contributed by atoms with Crippen molar-refractivity contribution in [3.63, 3.8) is 0 Å². The molecule has 210 valence electrons. The quantitative estimate of drug-likeness (QED) is 0.489. The first kappa shape index (κ1) is 29.4. The molecule has 2 N–H and O–H groups in total. The maximum atomic E-state index is 13.1. The van der Waals surface area contributed by atoms with Gasteiger partial charge in [0.1, 0.15) is 6.33 Å².